The van der Waals surface area contributed by atoms with Crippen LogP contribution < -0.4 is 4.90 Å². The molecule has 1 saturated heterocycles. The molecule has 0 bridgehead atoms. The van der Waals surface area contributed by atoms with Gasteiger partial charge in [0.25, 0.3) is 0 Å². The van der Waals surface area contributed by atoms with Crippen LogP contribution in [0.25, 0.3) is 32.9 Å². The number of rotatable bonds is 3. The second-order valence-electron chi connectivity index (χ2n) is 7.79. The number of fused-ring (bicyclic) bond motifs is 2. The Morgan fingerprint density at radius 2 is 1.83 bits per heavy atom. The number of benzene rings is 2. The number of nitrogens with zero attached hydrogens (tertiary/aromatic N) is 6. The smallest absolute Gasteiger partial charge is 0.246 e. The van der Waals surface area contributed by atoms with Crippen LogP contribution in [0.5, 0.6) is 0 Å². The van der Waals surface area contributed by atoms with Gasteiger partial charge in [-0.15, -0.1) is 0 Å². The molecule has 0 aliphatic carbocycles. The molecule has 3 heterocycles. The summed E-state index contributed by atoms with van der Waals surface area (Å²) in [5.41, 5.74) is 0.760. The standard InChI is InChI=1S/C24H19F2N5O.C2H3N/c1-2-20(32)30-8-10-31(11-9-30)24-19-13-27-22(21(26)23(19)28-14-29-24)17-5-3-4-15-6-7-16(25)12-18(15)17;1-2-3/h2-7,12-14H,1,8-11H2;1H3. The molecule has 1 fully saturated rings. The molecular weight excluding hydrogens is 450 g/mol. The summed E-state index contributed by atoms with van der Waals surface area (Å²) >= 11 is 0. The van der Waals surface area contributed by atoms with Crippen molar-refractivity contribution < 1.29 is 13.6 Å². The van der Waals surface area contributed by atoms with Gasteiger partial charge in [0.15, 0.2) is 5.82 Å². The number of carbonyl (C=O) groups excluding carboxylic acids is 1. The second-order valence-corrected chi connectivity index (χ2v) is 7.79. The Kier molecular flexibility index (Phi) is 6.92. The summed E-state index contributed by atoms with van der Waals surface area (Å²) in [5.74, 6) is -0.517. The van der Waals surface area contributed by atoms with Crippen LogP contribution in [0.15, 0.2) is 61.6 Å². The highest BCUT2D eigenvalue weighted by Gasteiger charge is 2.24. The molecule has 2 aromatic heterocycles. The molecule has 176 valence electrons. The van der Waals surface area contributed by atoms with E-state index in [1.807, 2.05) is 11.0 Å². The van der Waals surface area contributed by atoms with Gasteiger partial charge in [-0.2, -0.15) is 5.26 Å². The molecule has 2 aromatic carbocycles. The molecule has 0 unspecified atom stereocenters. The fourth-order valence-corrected chi connectivity index (χ4v) is 4.14. The first-order chi connectivity index (χ1) is 17.0. The van der Waals surface area contributed by atoms with Crippen molar-refractivity contribution in [2.75, 3.05) is 31.1 Å². The molecule has 0 atom stereocenters. The van der Waals surface area contributed by atoms with Gasteiger partial charge in [-0.1, -0.05) is 30.8 Å². The fourth-order valence-electron chi connectivity index (χ4n) is 4.14. The lowest BCUT2D eigenvalue weighted by molar-refractivity contribution is -0.126. The Bertz CT molecular complexity index is 1460. The third-order valence-corrected chi connectivity index (χ3v) is 5.77. The highest BCUT2D eigenvalue weighted by atomic mass is 19.1. The lowest BCUT2D eigenvalue weighted by atomic mass is 10.0. The molecule has 1 aliphatic heterocycles. The second kappa shape index (κ2) is 10.2. The van der Waals surface area contributed by atoms with E-state index in [2.05, 4.69) is 21.5 Å². The fraction of sp³-hybridized carbons (Fsp3) is 0.192. The van der Waals surface area contributed by atoms with E-state index in [9.17, 15) is 9.18 Å². The average Bonchev–Trinajstić information content (AvgIpc) is 2.88. The first-order valence-electron chi connectivity index (χ1n) is 10.9. The zero-order valence-corrected chi connectivity index (χ0v) is 19.1. The molecule has 7 nitrogen and oxygen atoms in total. The topological polar surface area (TPSA) is 86.0 Å². The number of carbonyl (C=O) groups is 1. The summed E-state index contributed by atoms with van der Waals surface area (Å²) in [7, 11) is 0. The van der Waals surface area contributed by atoms with Gasteiger partial charge < -0.3 is 9.80 Å². The lowest BCUT2D eigenvalue weighted by Crippen LogP contribution is -2.48. The SMILES string of the molecule is C=CC(=O)N1CCN(c2ncnc3c(F)c(-c4cccc5ccc(F)cc45)ncc23)CC1.CC#N. The minimum Gasteiger partial charge on any atom is -0.352 e. The molecular formula is C26H22F2N6O. The third kappa shape index (κ3) is 4.64. The van der Waals surface area contributed by atoms with Crippen molar-refractivity contribution >= 4 is 33.4 Å². The van der Waals surface area contributed by atoms with E-state index < -0.39 is 11.6 Å². The monoisotopic (exact) mass is 472 g/mol. The van der Waals surface area contributed by atoms with Gasteiger partial charge in [0.05, 0.1) is 11.5 Å². The summed E-state index contributed by atoms with van der Waals surface area (Å²) in [6.45, 7) is 7.10. The van der Waals surface area contributed by atoms with Crippen molar-refractivity contribution in [1.29, 1.82) is 5.26 Å². The maximum absolute atomic E-state index is 15.6. The minimum absolute atomic E-state index is 0.110. The van der Waals surface area contributed by atoms with Gasteiger partial charge in [-0.3, -0.25) is 9.78 Å². The summed E-state index contributed by atoms with van der Waals surface area (Å²) in [4.78, 5) is 28.5. The molecule has 4 aromatic rings. The van der Waals surface area contributed by atoms with Crippen molar-refractivity contribution in [2.24, 2.45) is 0 Å². The van der Waals surface area contributed by atoms with Crippen molar-refractivity contribution in [3.8, 4) is 17.3 Å². The molecule has 0 radical (unpaired) electrons. The van der Waals surface area contributed by atoms with Crippen LogP contribution >= 0.6 is 0 Å². The normalized spacial score (nSPS) is 13.2. The highest BCUT2D eigenvalue weighted by Crippen LogP contribution is 2.33. The lowest BCUT2D eigenvalue weighted by Gasteiger charge is -2.35. The van der Waals surface area contributed by atoms with Gasteiger partial charge in [-0.25, -0.2) is 18.7 Å². The molecule has 9 heteroatoms. The van der Waals surface area contributed by atoms with E-state index in [-0.39, 0.29) is 17.1 Å². The predicted molar refractivity (Wildman–Crippen MR) is 130 cm³/mol. The minimum atomic E-state index is -0.580. The average molecular weight is 472 g/mol. The van der Waals surface area contributed by atoms with Crippen molar-refractivity contribution in [2.45, 2.75) is 6.92 Å². The molecule has 0 saturated carbocycles. The quantitative estimate of drug-likeness (QED) is 0.409. The Labute approximate surface area is 201 Å². The zero-order chi connectivity index (χ0) is 24.9. The van der Waals surface area contributed by atoms with Gasteiger partial charge in [-0.05, 0) is 29.0 Å². The summed E-state index contributed by atoms with van der Waals surface area (Å²) < 4.78 is 29.5. The maximum atomic E-state index is 15.6. The number of amides is 1. The van der Waals surface area contributed by atoms with E-state index in [1.165, 1.54) is 31.5 Å². The van der Waals surface area contributed by atoms with E-state index in [1.54, 1.807) is 35.4 Å². The molecule has 0 spiro atoms. The first-order valence-corrected chi connectivity index (χ1v) is 10.9. The number of piperazine rings is 1. The van der Waals surface area contributed by atoms with E-state index >= 15 is 4.39 Å². The third-order valence-electron chi connectivity index (χ3n) is 5.77. The van der Waals surface area contributed by atoms with E-state index in [0.717, 1.165) is 5.39 Å². The Morgan fingerprint density at radius 1 is 1.09 bits per heavy atom. The van der Waals surface area contributed by atoms with Gasteiger partial charge in [0.2, 0.25) is 5.91 Å². The number of hydrogen-bond acceptors (Lipinski definition) is 6. The summed E-state index contributed by atoms with van der Waals surface area (Å²) in [6, 6.07) is 11.5. The van der Waals surface area contributed by atoms with Crippen LogP contribution in [-0.2, 0) is 4.79 Å². The van der Waals surface area contributed by atoms with Crippen LogP contribution in [-0.4, -0.2) is 51.9 Å². The molecule has 35 heavy (non-hydrogen) atoms. The number of hydrogen-bond donors (Lipinski definition) is 0. The van der Waals surface area contributed by atoms with Crippen molar-refractivity contribution in [3.63, 3.8) is 0 Å². The van der Waals surface area contributed by atoms with Crippen LogP contribution in [0.2, 0.25) is 0 Å². The van der Waals surface area contributed by atoms with Crippen molar-refractivity contribution in [1.82, 2.24) is 19.9 Å². The van der Waals surface area contributed by atoms with Crippen LogP contribution in [0.1, 0.15) is 6.92 Å². The van der Waals surface area contributed by atoms with Crippen LogP contribution in [0.4, 0.5) is 14.6 Å². The van der Waals surface area contributed by atoms with E-state index in [0.29, 0.717) is 48.3 Å². The largest absolute Gasteiger partial charge is 0.352 e. The zero-order valence-electron chi connectivity index (χ0n) is 19.1. The Morgan fingerprint density at radius 3 is 2.54 bits per heavy atom. The summed E-state index contributed by atoms with van der Waals surface area (Å²) in [5, 5.41) is 9.18. The Balaban J connectivity index is 0.000000917. The van der Waals surface area contributed by atoms with Crippen molar-refractivity contribution in [3.05, 3.63) is 73.2 Å². The van der Waals surface area contributed by atoms with Gasteiger partial charge in [0.1, 0.15) is 29.2 Å². The van der Waals surface area contributed by atoms with Crippen LogP contribution in [0, 0.1) is 23.0 Å². The van der Waals surface area contributed by atoms with Gasteiger partial charge in [0, 0.05) is 44.9 Å². The number of nitriles is 1. The molecule has 0 N–H and O–H groups in total. The molecule has 1 amide bonds. The molecule has 1 aliphatic rings. The first kappa shape index (κ1) is 23.7. The number of anilines is 1. The highest BCUT2D eigenvalue weighted by molar-refractivity contribution is 5.99. The number of halogens is 2. The van der Waals surface area contributed by atoms with Gasteiger partial charge >= 0.3 is 0 Å². The number of aromatic nitrogens is 3. The summed E-state index contributed by atoms with van der Waals surface area (Å²) in [6.07, 6.45) is 4.19. The Hall–Kier alpha value is -4.45. The predicted octanol–water partition coefficient (Wildman–Crippen LogP) is 4.49. The van der Waals surface area contributed by atoms with Crippen LogP contribution in [0.3, 0.4) is 0 Å². The van der Waals surface area contributed by atoms with E-state index in [4.69, 9.17) is 5.26 Å². The number of pyridine rings is 1. The maximum Gasteiger partial charge on any atom is 0.246 e. The molecule has 5 rings (SSSR count).